The molecule has 5 rings (SSSR count). The van der Waals surface area contributed by atoms with E-state index in [4.69, 9.17) is 23.7 Å². The molecule has 7 heteroatoms. The van der Waals surface area contributed by atoms with Crippen LogP contribution in [0, 0.1) is 0 Å². The van der Waals surface area contributed by atoms with Crippen LogP contribution in [0.1, 0.15) is 11.9 Å². The third-order valence-electron chi connectivity index (χ3n) is 5.38. The van der Waals surface area contributed by atoms with E-state index in [-0.39, 0.29) is 12.1 Å². The summed E-state index contributed by atoms with van der Waals surface area (Å²) < 4.78 is 29.3. The lowest BCUT2D eigenvalue weighted by Crippen LogP contribution is -2.64. The number of rotatable bonds is 3. The highest BCUT2D eigenvalue weighted by molar-refractivity contribution is 5.91. The van der Waals surface area contributed by atoms with E-state index in [9.17, 15) is 4.79 Å². The van der Waals surface area contributed by atoms with Crippen LogP contribution in [0.3, 0.4) is 0 Å². The number of para-hydroxylation sites is 1. The predicted molar refractivity (Wildman–Crippen MR) is 98.7 cm³/mol. The average molecular weight is 383 g/mol. The Hall–Kier alpha value is -2.45. The maximum absolute atomic E-state index is 12.7. The van der Waals surface area contributed by atoms with Gasteiger partial charge in [0.15, 0.2) is 18.7 Å². The number of carbonyl (C=O) groups excluding carboxylic acids is 1. The van der Waals surface area contributed by atoms with Gasteiger partial charge in [0.05, 0.1) is 6.61 Å². The van der Waals surface area contributed by atoms with Gasteiger partial charge in [-0.05, 0) is 12.1 Å². The van der Waals surface area contributed by atoms with Crippen LogP contribution in [0.15, 0.2) is 60.7 Å². The number of amides is 1. The van der Waals surface area contributed by atoms with E-state index in [2.05, 4.69) is 0 Å². The first-order chi connectivity index (χ1) is 13.8. The Bertz CT molecular complexity index is 831. The molecule has 28 heavy (non-hydrogen) atoms. The molecule has 2 aromatic rings. The Morgan fingerprint density at radius 3 is 2.39 bits per heavy atom. The molecular weight excluding hydrogens is 362 g/mol. The molecule has 3 aliphatic rings. The Morgan fingerprint density at radius 1 is 0.964 bits per heavy atom. The zero-order chi connectivity index (χ0) is 19.1. The van der Waals surface area contributed by atoms with E-state index >= 15 is 0 Å². The number of anilines is 1. The highest BCUT2D eigenvalue weighted by Crippen LogP contribution is 2.41. The second-order valence-electron chi connectivity index (χ2n) is 7.00. The van der Waals surface area contributed by atoms with Crippen molar-refractivity contribution in [3.05, 3.63) is 66.2 Å². The van der Waals surface area contributed by atoms with Crippen molar-refractivity contribution in [3.8, 4) is 0 Å². The van der Waals surface area contributed by atoms with Gasteiger partial charge in [-0.2, -0.15) is 0 Å². The molecule has 0 radical (unpaired) electrons. The molecule has 3 saturated heterocycles. The molecule has 2 aromatic carbocycles. The minimum absolute atomic E-state index is 0.337. The van der Waals surface area contributed by atoms with Gasteiger partial charge in [-0.3, -0.25) is 4.90 Å². The lowest BCUT2D eigenvalue weighted by molar-refractivity contribution is -0.331. The first-order valence-electron chi connectivity index (χ1n) is 9.31. The predicted octanol–water partition coefficient (Wildman–Crippen LogP) is 2.87. The zero-order valence-corrected chi connectivity index (χ0v) is 15.3. The fourth-order valence-corrected chi connectivity index (χ4v) is 4.12. The molecule has 6 unspecified atom stereocenters. The number of methoxy groups -OCH3 is 1. The summed E-state index contributed by atoms with van der Waals surface area (Å²) in [6.07, 6.45) is -3.01. The number of benzene rings is 2. The van der Waals surface area contributed by atoms with Crippen LogP contribution in [0.2, 0.25) is 0 Å². The third kappa shape index (κ3) is 2.87. The SMILES string of the molecule is COC1OC2COC(c3ccccc3)OC2C2C1OC(=O)N2c1ccccc1. The Morgan fingerprint density at radius 2 is 1.68 bits per heavy atom. The molecule has 0 N–H and O–H groups in total. The highest BCUT2D eigenvalue weighted by Gasteiger charge is 2.59. The number of fused-ring (bicyclic) bond motifs is 3. The van der Waals surface area contributed by atoms with E-state index in [1.807, 2.05) is 60.7 Å². The number of ether oxygens (including phenoxy) is 5. The van der Waals surface area contributed by atoms with Crippen LogP contribution in [0.4, 0.5) is 10.5 Å². The lowest BCUT2D eigenvalue weighted by atomic mass is 9.94. The van der Waals surface area contributed by atoms with Gasteiger partial charge in [-0.1, -0.05) is 48.5 Å². The third-order valence-corrected chi connectivity index (χ3v) is 5.38. The molecule has 3 fully saturated rings. The summed E-state index contributed by atoms with van der Waals surface area (Å²) in [4.78, 5) is 14.4. The van der Waals surface area contributed by atoms with E-state index in [0.717, 1.165) is 11.3 Å². The lowest BCUT2D eigenvalue weighted by Gasteiger charge is -2.47. The summed E-state index contributed by atoms with van der Waals surface area (Å²) in [5, 5.41) is 0. The second kappa shape index (κ2) is 7.18. The van der Waals surface area contributed by atoms with Crippen LogP contribution in [-0.4, -0.2) is 50.5 Å². The normalized spacial score (nSPS) is 34.5. The molecule has 0 saturated carbocycles. The summed E-state index contributed by atoms with van der Waals surface area (Å²) in [6, 6.07) is 18.8. The van der Waals surface area contributed by atoms with E-state index in [1.165, 1.54) is 0 Å². The van der Waals surface area contributed by atoms with E-state index in [0.29, 0.717) is 6.61 Å². The number of hydrogen-bond donors (Lipinski definition) is 0. The summed E-state index contributed by atoms with van der Waals surface area (Å²) in [7, 11) is 1.54. The van der Waals surface area contributed by atoms with E-state index in [1.54, 1.807) is 12.0 Å². The number of nitrogens with zero attached hydrogens (tertiary/aromatic N) is 1. The van der Waals surface area contributed by atoms with Gasteiger partial charge >= 0.3 is 6.09 Å². The first kappa shape index (κ1) is 17.6. The van der Waals surface area contributed by atoms with Crippen molar-refractivity contribution in [3.63, 3.8) is 0 Å². The fourth-order valence-electron chi connectivity index (χ4n) is 4.12. The van der Waals surface area contributed by atoms with Crippen molar-refractivity contribution in [1.29, 1.82) is 0 Å². The molecule has 3 aliphatic heterocycles. The van der Waals surface area contributed by atoms with Crippen LogP contribution in [-0.2, 0) is 23.7 Å². The molecule has 146 valence electrons. The topological polar surface area (TPSA) is 66.5 Å². The van der Waals surface area contributed by atoms with Gasteiger partial charge in [0.25, 0.3) is 0 Å². The van der Waals surface area contributed by atoms with Crippen LogP contribution >= 0.6 is 0 Å². The van der Waals surface area contributed by atoms with E-state index < -0.39 is 30.9 Å². The molecule has 0 aromatic heterocycles. The summed E-state index contributed by atoms with van der Waals surface area (Å²) in [6.45, 7) is 0.337. The van der Waals surface area contributed by atoms with Gasteiger partial charge in [0.2, 0.25) is 0 Å². The fraction of sp³-hybridized carbons (Fsp3) is 0.381. The summed E-state index contributed by atoms with van der Waals surface area (Å²) in [5.74, 6) is 0. The zero-order valence-electron chi connectivity index (χ0n) is 15.3. The van der Waals surface area contributed by atoms with Crippen molar-refractivity contribution in [2.45, 2.75) is 36.9 Å². The molecule has 0 bridgehead atoms. The Kier molecular flexibility index (Phi) is 4.52. The standard InChI is InChI=1S/C21H21NO6/c1-24-20-18-16(22(21(23)28-18)14-10-6-3-7-11-14)17-15(26-20)12-25-19(27-17)13-8-4-2-5-9-13/h2-11,15-20H,12H2,1H3. The largest absolute Gasteiger partial charge is 0.438 e. The molecular formula is C21H21NO6. The minimum Gasteiger partial charge on any atom is -0.438 e. The molecule has 0 aliphatic carbocycles. The maximum Gasteiger partial charge on any atom is 0.415 e. The van der Waals surface area contributed by atoms with Crippen LogP contribution in [0.25, 0.3) is 0 Å². The van der Waals surface area contributed by atoms with Crippen molar-refractivity contribution in [1.82, 2.24) is 0 Å². The number of carbonyl (C=O) groups is 1. The molecule has 7 nitrogen and oxygen atoms in total. The van der Waals surface area contributed by atoms with Gasteiger partial charge in [-0.25, -0.2) is 4.79 Å². The minimum atomic E-state index is -0.676. The summed E-state index contributed by atoms with van der Waals surface area (Å²) >= 11 is 0. The van der Waals surface area contributed by atoms with Gasteiger partial charge in [-0.15, -0.1) is 0 Å². The number of hydrogen-bond acceptors (Lipinski definition) is 6. The average Bonchev–Trinajstić information content (AvgIpc) is 3.11. The van der Waals surface area contributed by atoms with Crippen molar-refractivity contribution < 1.29 is 28.5 Å². The van der Waals surface area contributed by atoms with Crippen molar-refractivity contribution >= 4 is 11.8 Å². The first-order valence-corrected chi connectivity index (χ1v) is 9.31. The van der Waals surface area contributed by atoms with Crippen molar-refractivity contribution in [2.24, 2.45) is 0 Å². The Labute approximate surface area is 162 Å². The molecule has 1 amide bonds. The van der Waals surface area contributed by atoms with Crippen molar-refractivity contribution in [2.75, 3.05) is 18.6 Å². The van der Waals surface area contributed by atoms with Crippen LogP contribution < -0.4 is 4.90 Å². The van der Waals surface area contributed by atoms with Gasteiger partial charge in [0, 0.05) is 18.4 Å². The quantitative estimate of drug-likeness (QED) is 0.812. The second-order valence-corrected chi connectivity index (χ2v) is 7.00. The maximum atomic E-state index is 12.7. The Balaban J connectivity index is 1.50. The van der Waals surface area contributed by atoms with Crippen LogP contribution in [0.5, 0.6) is 0 Å². The summed E-state index contributed by atoms with van der Waals surface area (Å²) in [5.41, 5.74) is 1.67. The molecule has 3 heterocycles. The molecule has 0 spiro atoms. The van der Waals surface area contributed by atoms with Gasteiger partial charge < -0.3 is 23.7 Å². The highest BCUT2D eigenvalue weighted by atomic mass is 16.8. The smallest absolute Gasteiger partial charge is 0.415 e. The van der Waals surface area contributed by atoms with Gasteiger partial charge in [0.1, 0.15) is 18.2 Å². The molecule has 6 atom stereocenters. The monoisotopic (exact) mass is 383 g/mol.